The van der Waals surface area contributed by atoms with Crippen LogP contribution in [0.15, 0.2) is 18.2 Å². The number of esters is 1. The van der Waals surface area contributed by atoms with E-state index in [4.69, 9.17) is 9.47 Å². The Kier molecular flexibility index (Phi) is 5.01. The first-order valence-electron chi connectivity index (χ1n) is 7.23. The van der Waals surface area contributed by atoms with Crippen molar-refractivity contribution >= 4 is 5.97 Å². The van der Waals surface area contributed by atoms with E-state index in [-0.39, 0.29) is 24.6 Å². The fraction of sp³-hybridized carbons (Fsp3) is 0.562. The molecule has 2 unspecified atom stereocenters. The van der Waals surface area contributed by atoms with Crippen LogP contribution in [0.25, 0.3) is 0 Å². The first kappa shape index (κ1) is 14.9. The summed E-state index contributed by atoms with van der Waals surface area (Å²) in [5.74, 6) is 0.520. The lowest BCUT2D eigenvalue weighted by molar-refractivity contribution is 0.0498. The van der Waals surface area contributed by atoms with Crippen LogP contribution < -0.4 is 4.74 Å². The Balaban J connectivity index is 2.02. The van der Waals surface area contributed by atoms with E-state index in [1.54, 1.807) is 12.1 Å². The number of hydrogen-bond acceptors (Lipinski definition) is 4. The second-order valence-corrected chi connectivity index (χ2v) is 5.33. The molecule has 0 bridgehead atoms. The van der Waals surface area contributed by atoms with Crippen molar-refractivity contribution in [1.29, 1.82) is 0 Å². The number of fused-ring (bicyclic) bond motifs is 1. The van der Waals surface area contributed by atoms with Gasteiger partial charge < -0.3 is 14.6 Å². The van der Waals surface area contributed by atoms with Crippen molar-refractivity contribution in [3.63, 3.8) is 0 Å². The van der Waals surface area contributed by atoms with Gasteiger partial charge >= 0.3 is 5.97 Å². The van der Waals surface area contributed by atoms with Gasteiger partial charge in [0.1, 0.15) is 11.9 Å². The van der Waals surface area contributed by atoms with Gasteiger partial charge in [-0.05, 0) is 24.1 Å². The third-order valence-corrected chi connectivity index (χ3v) is 3.66. The molecule has 2 atom stereocenters. The third kappa shape index (κ3) is 3.31. The van der Waals surface area contributed by atoms with E-state index in [1.807, 2.05) is 13.0 Å². The maximum Gasteiger partial charge on any atom is 0.338 e. The molecule has 20 heavy (non-hydrogen) atoms. The summed E-state index contributed by atoms with van der Waals surface area (Å²) >= 11 is 0. The zero-order valence-corrected chi connectivity index (χ0v) is 12.1. The molecule has 1 aromatic carbocycles. The molecule has 0 spiro atoms. The second-order valence-electron chi connectivity index (χ2n) is 5.33. The predicted octanol–water partition coefficient (Wildman–Crippen LogP) is 2.58. The van der Waals surface area contributed by atoms with E-state index >= 15 is 0 Å². The van der Waals surface area contributed by atoms with Crippen LogP contribution in [0.3, 0.4) is 0 Å². The Labute approximate surface area is 119 Å². The maximum absolute atomic E-state index is 11.9. The minimum absolute atomic E-state index is 0.0126. The highest BCUT2D eigenvalue weighted by molar-refractivity contribution is 5.90. The average Bonchev–Trinajstić information content (AvgIpc) is 2.89. The molecule has 0 aliphatic carbocycles. The number of unbranched alkanes of at least 4 members (excludes halogenated alkanes) is 1. The minimum atomic E-state index is -0.302. The molecule has 1 N–H and O–H groups in total. The molecule has 1 aliphatic heterocycles. The van der Waals surface area contributed by atoms with E-state index in [0.717, 1.165) is 30.6 Å². The zero-order valence-electron chi connectivity index (χ0n) is 12.1. The molecule has 110 valence electrons. The quantitative estimate of drug-likeness (QED) is 0.642. The molecule has 1 aliphatic rings. The lowest BCUT2D eigenvalue weighted by Crippen LogP contribution is -2.25. The van der Waals surface area contributed by atoms with Gasteiger partial charge in [-0.1, -0.05) is 26.3 Å². The molecule has 2 rings (SSSR count). The monoisotopic (exact) mass is 278 g/mol. The summed E-state index contributed by atoms with van der Waals surface area (Å²) in [4.78, 5) is 11.9. The SMILES string of the molecule is CCCCOC(=O)c1ccc2c(c1)OC(C(C)CO)C2. The molecule has 0 fully saturated rings. The summed E-state index contributed by atoms with van der Waals surface area (Å²) in [7, 11) is 0. The molecule has 0 saturated heterocycles. The average molecular weight is 278 g/mol. The van der Waals surface area contributed by atoms with Crippen LogP contribution >= 0.6 is 0 Å². The summed E-state index contributed by atoms with van der Waals surface area (Å²) in [5.41, 5.74) is 1.61. The Morgan fingerprint density at radius 2 is 2.35 bits per heavy atom. The fourth-order valence-electron chi connectivity index (χ4n) is 2.21. The number of ether oxygens (including phenoxy) is 2. The van der Waals surface area contributed by atoms with Gasteiger partial charge in [0, 0.05) is 18.9 Å². The summed E-state index contributed by atoms with van der Waals surface area (Å²) in [6.07, 6.45) is 2.65. The van der Waals surface area contributed by atoms with Gasteiger partial charge in [-0.15, -0.1) is 0 Å². The van der Waals surface area contributed by atoms with Crippen LogP contribution in [0.4, 0.5) is 0 Å². The lowest BCUT2D eigenvalue weighted by Gasteiger charge is -2.16. The second kappa shape index (κ2) is 6.75. The Morgan fingerprint density at radius 3 is 3.05 bits per heavy atom. The highest BCUT2D eigenvalue weighted by Gasteiger charge is 2.28. The molecule has 0 aromatic heterocycles. The van der Waals surface area contributed by atoms with Crippen LogP contribution in [-0.4, -0.2) is 30.4 Å². The van der Waals surface area contributed by atoms with Crippen molar-refractivity contribution in [1.82, 2.24) is 0 Å². The van der Waals surface area contributed by atoms with Gasteiger partial charge in [0.25, 0.3) is 0 Å². The van der Waals surface area contributed by atoms with Crippen molar-refractivity contribution in [2.24, 2.45) is 5.92 Å². The van der Waals surface area contributed by atoms with E-state index in [2.05, 4.69) is 6.92 Å². The highest BCUT2D eigenvalue weighted by Crippen LogP contribution is 2.32. The van der Waals surface area contributed by atoms with Crippen LogP contribution in [0.1, 0.15) is 42.6 Å². The van der Waals surface area contributed by atoms with Gasteiger partial charge in [-0.2, -0.15) is 0 Å². The smallest absolute Gasteiger partial charge is 0.338 e. The standard InChI is InChI=1S/C16H22O4/c1-3-4-7-19-16(18)13-6-5-12-8-14(11(2)10-17)20-15(12)9-13/h5-6,9,11,14,17H,3-4,7-8,10H2,1-2H3. The summed E-state index contributed by atoms with van der Waals surface area (Å²) < 4.78 is 11.0. The largest absolute Gasteiger partial charge is 0.489 e. The molecular formula is C16H22O4. The number of carbonyl (C=O) groups excluding carboxylic acids is 1. The maximum atomic E-state index is 11.9. The topological polar surface area (TPSA) is 55.8 Å². The molecule has 0 radical (unpaired) electrons. The van der Waals surface area contributed by atoms with Crippen molar-refractivity contribution in [3.05, 3.63) is 29.3 Å². The van der Waals surface area contributed by atoms with Gasteiger partial charge in [-0.3, -0.25) is 0 Å². The van der Waals surface area contributed by atoms with Crippen LogP contribution in [0.2, 0.25) is 0 Å². The zero-order chi connectivity index (χ0) is 14.5. The van der Waals surface area contributed by atoms with E-state index in [9.17, 15) is 9.90 Å². The number of carbonyl (C=O) groups is 1. The molecular weight excluding hydrogens is 256 g/mol. The number of benzene rings is 1. The van der Waals surface area contributed by atoms with E-state index in [0.29, 0.717) is 12.2 Å². The Bertz CT molecular complexity index is 470. The van der Waals surface area contributed by atoms with Crippen molar-refractivity contribution in [3.8, 4) is 5.75 Å². The lowest BCUT2D eigenvalue weighted by atomic mass is 10.00. The normalized spacial score (nSPS) is 18.2. The summed E-state index contributed by atoms with van der Waals surface area (Å²) in [6, 6.07) is 5.44. The molecule has 1 heterocycles. The first-order valence-corrected chi connectivity index (χ1v) is 7.23. The van der Waals surface area contributed by atoms with Gasteiger partial charge in [0.15, 0.2) is 0 Å². The third-order valence-electron chi connectivity index (χ3n) is 3.66. The first-order chi connectivity index (χ1) is 9.65. The molecule has 0 amide bonds. The molecule has 4 nitrogen and oxygen atoms in total. The van der Waals surface area contributed by atoms with Crippen LogP contribution in [0, 0.1) is 5.92 Å². The van der Waals surface area contributed by atoms with Gasteiger partial charge in [0.05, 0.1) is 12.2 Å². The van der Waals surface area contributed by atoms with Crippen LogP contribution in [-0.2, 0) is 11.2 Å². The van der Waals surface area contributed by atoms with Crippen LogP contribution in [0.5, 0.6) is 5.75 Å². The number of hydrogen-bond donors (Lipinski definition) is 1. The summed E-state index contributed by atoms with van der Waals surface area (Å²) in [5, 5.41) is 9.18. The predicted molar refractivity (Wildman–Crippen MR) is 76.0 cm³/mol. The Morgan fingerprint density at radius 1 is 1.55 bits per heavy atom. The molecule has 4 heteroatoms. The highest BCUT2D eigenvalue weighted by atomic mass is 16.5. The summed E-state index contributed by atoms with van der Waals surface area (Å²) in [6.45, 7) is 4.57. The fourth-order valence-corrected chi connectivity index (χ4v) is 2.21. The number of rotatable bonds is 6. The Hall–Kier alpha value is -1.55. The van der Waals surface area contributed by atoms with Gasteiger partial charge in [0.2, 0.25) is 0 Å². The van der Waals surface area contributed by atoms with Crippen molar-refractivity contribution < 1.29 is 19.4 Å². The van der Waals surface area contributed by atoms with E-state index in [1.165, 1.54) is 0 Å². The van der Waals surface area contributed by atoms with Crippen molar-refractivity contribution in [2.45, 2.75) is 39.2 Å². The van der Waals surface area contributed by atoms with E-state index < -0.39 is 0 Å². The van der Waals surface area contributed by atoms with Crippen molar-refractivity contribution in [2.75, 3.05) is 13.2 Å². The number of aliphatic hydroxyl groups excluding tert-OH is 1. The molecule has 1 aromatic rings. The number of aliphatic hydroxyl groups is 1. The van der Waals surface area contributed by atoms with Gasteiger partial charge in [-0.25, -0.2) is 4.79 Å². The minimum Gasteiger partial charge on any atom is -0.489 e. The molecule has 0 saturated carbocycles.